The summed E-state index contributed by atoms with van der Waals surface area (Å²) in [7, 11) is 1.23. The molecule has 9 heteroatoms. The van der Waals surface area contributed by atoms with Gasteiger partial charge in [0.25, 0.3) is 7.82 Å². The highest BCUT2D eigenvalue weighted by molar-refractivity contribution is 7.45. The van der Waals surface area contributed by atoms with E-state index in [0.717, 1.165) is 64.2 Å². The van der Waals surface area contributed by atoms with Crippen LogP contribution in [-0.2, 0) is 18.4 Å². The Balaban J connectivity index is 4.32. The van der Waals surface area contributed by atoms with Gasteiger partial charge in [-0.05, 0) is 77.0 Å². The second kappa shape index (κ2) is 51.1. The average Bonchev–Trinajstić information content (AvgIpc) is 3.31. The van der Waals surface area contributed by atoms with E-state index in [-0.39, 0.29) is 12.5 Å². The number of carbonyl (C=O) groups is 1. The summed E-state index contributed by atoms with van der Waals surface area (Å²) >= 11 is 0. The number of likely N-dealkylation sites (N-methyl/N-ethyl adjacent to an activating group) is 1. The Morgan fingerprint density at radius 2 is 0.855 bits per heavy atom. The fourth-order valence-corrected chi connectivity index (χ4v) is 9.06. The molecule has 0 aliphatic heterocycles. The largest absolute Gasteiger partial charge is 0.756 e. The summed E-state index contributed by atoms with van der Waals surface area (Å²) in [6.07, 6.45) is 68.7. The molecule has 0 bridgehead atoms. The SMILES string of the molecule is CCCCCCCCCCC/C=C\C/C=C\CCCCCCCCCC(=O)NC(COP(=O)([O-])OCC[N+](C)(C)C)C(O)/C=C/CC/C=C/CC/C=C/CCCCCCCCCCCCCCCC. The van der Waals surface area contributed by atoms with Crippen molar-refractivity contribution in [3.05, 3.63) is 60.8 Å². The standard InChI is InChI=1S/C60H113N2O6P/c1-6-8-10-12-14-16-18-20-22-24-26-28-30-32-33-35-37-39-41-43-45-47-49-51-53-59(63)58(57-68-69(65,66)67-56-55-62(3,4)5)61-60(64)54-52-50-48-46-44-42-40-38-36-34-31-29-27-25-23-21-19-17-15-13-11-9-7-2/h27,29,34-37,43,45,51,53,58-59,63H,6-26,28,30-33,38-42,44,46-50,52,54-57H2,1-5H3,(H-,61,64,65,66)/b29-27-,36-34-,37-35+,45-43+,53-51+. The van der Waals surface area contributed by atoms with Crippen molar-refractivity contribution in [1.29, 1.82) is 0 Å². The first-order chi connectivity index (χ1) is 33.5. The highest BCUT2D eigenvalue weighted by atomic mass is 31.2. The molecule has 0 aliphatic carbocycles. The van der Waals surface area contributed by atoms with Gasteiger partial charge in [0.2, 0.25) is 5.91 Å². The second-order valence-corrected chi connectivity index (χ2v) is 22.4. The number of phosphoric acid groups is 1. The summed E-state index contributed by atoms with van der Waals surface area (Å²) in [5, 5.41) is 13.9. The molecule has 3 atom stereocenters. The van der Waals surface area contributed by atoms with Gasteiger partial charge in [-0.3, -0.25) is 9.36 Å². The maximum absolute atomic E-state index is 13.0. The van der Waals surface area contributed by atoms with Crippen LogP contribution in [0.2, 0.25) is 0 Å². The zero-order chi connectivity index (χ0) is 50.6. The van der Waals surface area contributed by atoms with E-state index < -0.39 is 26.6 Å². The van der Waals surface area contributed by atoms with E-state index in [1.807, 2.05) is 27.2 Å². The van der Waals surface area contributed by atoms with Crippen LogP contribution in [0.15, 0.2) is 60.8 Å². The van der Waals surface area contributed by atoms with Gasteiger partial charge in [0.05, 0.1) is 39.9 Å². The third-order valence-corrected chi connectivity index (χ3v) is 13.9. The van der Waals surface area contributed by atoms with Crippen LogP contribution in [-0.4, -0.2) is 68.5 Å². The fraction of sp³-hybridized carbons (Fsp3) is 0.817. The smallest absolute Gasteiger partial charge is 0.268 e. The van der Waals surface area contributed by atoms with E-state index in [0.29, 0.717) is 17.4 Å². The van der Waals surface area contributed by atoms with Crippen LogP contribution in [0.4, 0.5) is 0 Å². The minimum atomic E-state index is -4.61. The molecule has 3 unspecified atom stereocenters. The Morgan fingerprint density at radius 1 is 0.507 bits per heavy atom. The zero-order valence-corrected chi connectivity index (χ0v) is 46.9. The molecule has 0 aromatic rings. The maximum Gasteiger partial charge on any atom is 0.268 e. The number of amides is 1. The molecule has 0 radical (unpaired) electrons. The molecule has 0 aromatic carbocycles. The highest BCUT2D eigenvalue weighted by Gasteiger charge is 2.23. The van der Waals surface area contributed by atoms with Gasteiger partial charge in [0.15, 0.2) is 0 Å². The van der Waals surface area contributed by atoms with Crippen LogP contribution in [0.1, 0.15) is 264 Å². The molecule has 1 amide bonds. The molecule has 404 valence electrons. The van der Waals surface area contributed by atoms with Crippen molar-refractivity contribution in [3.8, 4) is 0 Å². The van der Waals surface area contributed by atoms with E-state index in [2.05, 4.69) is 67.8 Å². The number of aliphatic hydroxyl groups is 1. The van der Waals surface area contributed by atoms with Gasteiger partial charge in [-0.1, -0.05) is 242 Å². The Bertz CT molecular complexity index is 1310. The predicted octanol–water partition coefficient (Wildman–Crippen LogP) is 17.1. The van der Waals surface area contributed by atoms with Gasteiger partial charge >= 0.3 is 0 Å². The lowest BCUT2D eigenvalue weighted by Gasteiger charge is -2.29. The monoisotopic (exact) mass is 989 g/mol. The van der Waals surface area contributed by atoms with Gasteiger partial charge in [0.1, 0.15) is 13.2 Å². The van der Waals surface area contributed by atoms with Crippen molar-refractivity contribution in [2.75, 3.05) is 40.9 Å². The number of hydrogen-bond donors (Lipinski definition) is 2. The lowest BCUT2D eigenvalue weighted by Crippen LogP contribution is -2.45. The van der Waals surface area contributed by atoms with Crippen LogP contribution in [0.5, 0.6) is 0 Å². The molecule has 0 saturated carbocycles. The summed E-state index contributed by atoms with van der Waals surface area (Å²) in [5.74, 6) is -0.218. The minimum Gasteiger partial charge on any atom is -0.756 e. The predicted molar refractivity (Wildman–Crippen MR) is 297 cm³/mol. The Kier molecular flexibility index (Phi) is 49.8. The summed E-state index contributed by atoms with van der Waals surface area (Å²) in [6, 6.07) is -0.917. The van der Waals surface area contributed by atoms with E-state index in [1.165, 1.54) is 180 Å². The number of unbranched alkanes of at least 4 members (excludes halogenated alkanes) is 32. The average molecular weight is 990 g/mol. The van der Waals surface area contributed by atoms with Crippen molar-refractivity contribution < 1.29 is 32.9 Å². The van der Waals surface area contributed by atoms with Crippen LogP contribution >= 0.6 is 7.82 Å². The van der Waals surface area contributed by atoms with Crippen LogP contribution in [0.3, 0.4) is 0 Å². The first-order valence-corrected chi connectivity index (χ1v) is 30.6. The molecule has 69 heavy (non-hydrogen) atoms. The van der Waals surface area contributed by atoms with Crippen LogP contribution in [0.25, 0.3) is 0 Å². The van der Waals surface area contributed by atoms with Crippen molar-refractivity contribution >= 4 is 13.7 Å². The number of quaternary nitrogens is 1. The van der Waals surface area contributed by atoms with Crippen LogP contribution in [0, 0.1) is 0 Å². The number of hydrogen-bond acceptors (Lipinski definition) is 6. The maximum atomic E-state index is 13.0. The highest BCUT2D eigenvalue weighted by Crippen LogP contribution is 2.38. The number of allylic oxidation sites excluding steroid dienone is 9. The second-order valence-electron chi connectivity index (χ2n) is 21.0. The van der Waals surface area contributed by atoms with Gasteiger partial charge < -0.3 is 28.8 Å². The molecule has 0 spiro atoms. The number of carbonyl (C=O) groups excluding carboxylic acids is 1. The molecular formula is C60H113N2O6P. The molecule has 8 nitrogen and oxygen atoms in total. The Hall–Kier alpha value is -1.80. The van der Waals surface area contributed by atoms with E-state index >= 15 is 0 Å². The molecule has 0 fully saturated rings. The van der Waals surface area contributed by atoms with Gasteiger partial charge in [0, 0.05) is 6.42 Å². The zero-order valence-electron chi connectivity index (χ0n) is 46.0. The van der Waals surface area contributed by atoms with Gasteiger partial charge in [-0.15, -0.1) is 0 Å². The topological polar surface area (TPSA) is 108 Å². The van der Waals surface area contributed by atoms with Crippen molar-refractivity contribution in [2.24, 2.45) is 0 Å². The number of nitrogens with one attached hydrogen (secondary N) is 1. The molecule has 0 heterocycles. The minimum absolute atomic E-state index is 0.0124. The van der Waals surface area contributed by atoms with Gasteiger partial charge in [-0.2, -0.15) is 0 Å². The van der Waals surface area contributed by atoms with Crippen LogP contribution < -0.4 is 10.2 Å². The number of rotatable bonds is 53. The quantitative estimate of drug-likeness (QED) is 0.0272. The number of aliphatic hydroxyl groups excluding tert-OH is 1. The number of nitrogens with zero attached hydrogens (tertiary/aromatic N) is 1. The van der Waals surface area contributed by atoms with Crippen molar-refractivity contribution in [2.45, 2.75) is 276 Å². The molecule has 0 aliphatic rings. The summed E-state index contributed by atoms with van der Waals surface area (Å²) in [5.41, 5.74) is 0. The van der Waals surface area contributed by atoms with Gasteiger partial charge in [-0.25, -0.2) is 0 Å². The van der Waals surface area contributed by atoms with E-state index in [4.69, 9.17) is 9.05 Å². The third-order valence-electron chi connectivity index (χ3n) is 12.9. The Labute approximate surface area is 428 Å². The van der Waals surface area contributed by atoms with Crippen molar-refractivity contribution in [3.63, 3.8) is 0 Å². The van der Waals surface area contributed by atoms with E-state index in [1.54, 1.807) is 6.08 Å². The van der Waals surface area contributed by atoms with E-state index in [9.17, 15) is 19.4 Å². The summed E-state index contributed by atoms with van der Waals surface area (Å²) < 4.78 is 23.3. The summed E-state index contributed by atoms with van der Waals surface area (Å²) in [6.45, 7) is 4.63. The molecule has 2 N–H and O–H groups in total. The Morgan fingerprint density at radius 3 is 1.26 bits per heavy atom. The summed E-state index contributed by atoms with van der Waals surface area (Å²) in [4.78, 5) is 25.5. The molecule has 0 aromatic heterocycles. The molecule has 0 rings (SSSR count). The lowest BCUT2D eigenvalue weighted by molar-refractivity contribution is -0.870. The normalized spacial score (nSPS) is 14.4. The molecular weight excluding hydrogens is 876 g/mol. The number of phosphoric ester groups is 1. The fourth-order valence-electron chi connectivity index (χ4n) is 8.33. The molecule has 0 saturated heterocycles. The van der Waals surface area contributed by atoms with Crippen molar-refractivity contribution in [1.82, 2.24) is 5.32 Å². The lowest BCUT2D eigenvalue weighted by atomic mass is 10.0. The third kappa shape index (κ3) is 53.8. The first kappa shape index (κ1) is 67.2. The first-order valence-electron chi connectivity index (χ1n) is 29.2.